The maximum Gasteiger partial charge on any atom is 0.0426 e. The number of fused-ring (bicyclic) bond motifs is 1. The Labute approximate surface area is 110 Å². The van der Waals surface area contributed by atoms with Gasteiger partial charge in [0.05, 0.1) is 0 Å². The fourth-order valence-corrected chi connectivity index (χ4v) is 3.03. The quantitative estimate of drug-likeness (QED) is 0.813. The molecule has 2 aromatic carbocycles. The molecule has 1 fully saturated rings. The van der Waals surface area contributed by atoms with Crippen LogP contribution in [0.4, 0.5) is 5.69 Å². The number of benzene rings is 2. The van der Waals surface area contributed by atoms with Crippen LogP contribution in [0.2, 0.25) is 0 Å². The third-order valence-corrected chi connectivity index (χ3v) is 4.10. The van der Waals surface area contributed by atoms with Crippen molar-refractivity contribution < 1.29 is 0 Å². The first-order chi connectivity index (χ1) is 8.15. The summed E-state index contributed by atoms with van der Waals surface area (Å²) in [6, 6.07) is 8.69. The van der Waals surface area contributed by atoms with Crippen LogP contribution < -0.4 is 5.73 Å². The molecule has 1 aliphatic carbocycles. The molecule has 1 nitrogen and oxygen atoms in total. The van der Waals surface area contributed by atoms with E-state index in [0.717, 1.165) is 22.5 Å². The highest BCUT2D eigenvalue weighted by Gasteiger charge is 2.22. The number of halogens is 1. The van der Waals surface area contributed by atoms with Crippen LogP contribution in [0.5, 0.6) is 0 Å². The van der Waals surface area contributed by atoms with Crippen molar-refractivity contribution in [2.24, 2.45) is 5.92 Å². The van der Waals surface area contributed by atoms with Gasteiger partial charge in [0.15, 0.2) is 0 Å². The lowest BCUT2D eigenvalue weighted by molar-refractivity contribution is 0.835. The summed E-state index contributed by atoms with van der Waals surface area (Å²) in [5.41, 5.74) is 9.88. The molecule has 2 aromatic rings. The molecule has 0 spiro atoms. The largest absolute Gasteiger partial charge is 0.398 e. The van der Waals surface area contributed by atoms with Crippen LogP contribution in [0, 0.1) is 12.8 Å². The molecule has 0 saturated heterocycles. The fraction of sp³-hybridized carbons (Fsp3) is 0.333. The average molecular weight is 290 g/mol. The van der Waals surface area contributed by atoms with E-state index < -0.39 is 0 Å². The van der Waals surface area contributed by atoms with Crippen LogP contribution in [0.15, 0.2) is 28.7 Å². The maximum atomic E-state index is 6.31. The molecule has 17 heavy (non-hydrogen) atoms. The van der Waals surface area contributed by atoms with Gasteiger partial charge < -0.3 is 5.73 Å². The smallest absolute Gasteiger partial charge is 0.0426 e. The predicted octanol–water partition coefficient (Wildman–Crippen LogP) is 4.45. The highest BCUT2D eigenvalue weighted by molar-refractivity contribution is 9.10. The van der Waals surface area contributed by atoms with Crippen LogP contribution in [0.1, 0.15) is 24.0 Å². The summed E-state index contributed by atoms with van der Waals surface area (Å²) in [7, 11) is 0. The van der Waals surface area contributed by atoms with E-state index in [9.17, 15) is 0 Å². The molecule has 3 rings (SSSR count). The molecule has 0 radical (unpaired) electrons. The van der Waals surface area contributed by atoms with E-state index in [1.54, 1.807) is 0 Å². The number of aryl methyl sites for hydroxylation is 1. The van der Waals surface area contributed by atoms with Crippen LogP contribution in [0.25, 0.3) is 10.8 Å². The van der Waals surface area contributed by atoms with Crippen LogP contribution in [0.3, 0.4) is 0 Å². The van der Waals surface area contributed by atoms with Crippen molar-refractivity contribution >= 4 is 32.4 Å². The molecule has 0 unspecified atom stereocenters. The molecular formula is C15H16BrN. The van der Waals surface area contributed by atoms with E-state index in [4.69, 9.17) is 5.73 Å². The van der Waals surface area contributed by atoms with Gasteiger partial charge in [-0.3, -0.25) is 0 Å². The van der Waals surface area contributed by atoms with Gasteiger partial charge in [0.2, 0.25) is 0 Å². The molecule has 0 aromatic heterocycles. The van der Waals surface area contributed by atoms with E-state index >= 15 is 0 Å². The molecule has 2 heteroatoms. The molecule has 0 bridgehead atoms. The van der Waals surface area contributed by atoms with Crippen molar-refractivity contribution in [1.82, 2.24) is 0 Å². The molecule has 1 aliphatic rings. The molecule has 88 valence electrons. The molecular weight excluding hydrogens is 274 g/mol. The Bertz CT molecular complexity index is 585. The number of nitrogen functional groups attached to an aromatic ring is 1. The summed E-state index contributed by atoms with van der Waals surface area (Å²) < 4.78 is 1.11. The lowest BCUT2D eigenvalue weighted by Crippen LogP contribution is -1.97. The van der Waals surface area contributed by atoms with Crippen LogP contribution >= 0.6 is 15.9 Å². The third-order valence-electron chi connectivity index (χ3n) is 3.64. The first kappa shape index (κ1) is 11.1. The van der Waals surface area contributed by atoms with Gasteiger partial charge in [-0.15, -0.1) is 0 Å². The van der Waals surface area contributed by atoms with Crippen LogP contribution in [-0.4, -0.2) is 0 Å². The Kier molecular flexibility index (Phi) is 2.62. The van der Waals surface area contributed by atoms with E-state index in [1.165, 1.54) is 34.7 Å². The van der Waals surface area contributed by atoms with E-state index in [1.807, 2.05) is 0 Å². The summed E-state index contributed by atoms with van der Waals surface area (Å²) in [5.74, 6) is 0.878. The first-order valence-electron chi connectivity index (χ1n) is 6.12. The lowest BCUT2D eigenvalue weighted by Gasteiger charge is -2.11. The summed E-state index contributed by atoms with van der Waals surface area (Å²) in [6.07, 6.45) is 3.89. The van der Waals surface area contributed by atoms with Gasteiger partial charge in [-0.2, -0.15) is 0 Å². The summed E-state index contributed by atoms with van der Waals surface area (Å²) in [5, 5.41) is 2.46. The predicted molar refractivity (Wildman–Crippen MR) is 77.2 cm³/mol. The van der Waals surface area contributed by atoms with Gasteiger partial charge in [0, 0.05) is 15.5 Å². The minimum Gasteiger partial charge on any atom is -0.398 e. The topological polar surface area (TPSA) is 26.0 Å². The van der Waals surface area contributed by atoms with Gasteiger partial charge in [0.1, 0.15) is 0 Å². The number of rotatable bonds is 2. The zero-order valence-electron chi connectivity index (χ0n) is 9.96. The van der Waals surface area contributed by atoms with Gasteiger partial charge in [-0.1, -0.05) is 28.1 Å². The number of nitrogens with two attached hydrogens (primary N) is 1. The Balaban J connectivity index is 2.18. The summed E-state index contributed by atoms with van der Waals surface area (Å²) in [4.78, 5) is 0. The molecule has 0 atom stereocenters. The van der Waals surface area contributed by atoms with Gasteiger partial charge >= 0.3 is 0 Å². The monoisotopic (exact) mass is 289 g/mol. The minimum atomic E-state index is 0.878. The van der Waals surface area contributed by atoms with Crippen LogP contribution in [-0.2, 0) is 6.42 Å². The highest BCUT2D eigenvalue weighted by atomic mass is 79.9. The zero-order chi connectivity index (χ0) is 12.0. The Hall–Kier alpha value is -1.02. The average Bonchev–Trinajstić information content (AvgIpc) is 3.07. The van der Waals surface area contributed by atoms with E-state index in [0.29, 0.717) is 0 Å². The van der Waals surface area contributed by atoms with Crippen molar-refractivity contribution in [1.29, 1.82) is 0 Å². The Morgan fingerprint density at radius 1 is 1.24 bits per heavy atom. The van der Waals surface area contributed by atoms with E-state index in [-0.39, 0.29) is 0 Å². The summed E-state index contributed by atoms with van der Waals surface area (Å²) >= 11 is 3.55. The van der Waals surface area contributed by atoms with E-state index in [2.05, 4.69) is 47.1 Å². The number of anilines is 1. The Morgan fingerprint density at radius 2 is 2.00 bits per heavy atom. The Morgan fingerprint density at radius 3 is 2.71 bits per heavy atom. The van der Waals surface area contributed by atoms with Gasteiger partial charge in [-0.05, 0) is 60.7 Å². The first-order valence-corrected chi connectivity index (χ1v) is 6.91. The van der Waals surface area contributed by atoms with Crippen molar-refractivity contribution in [2.75, 3.05) is 5.73 Å². The van der Waals surface area contributed by atoms with Gasteiger partial charge in [0.25, 0.3) is 0 Å². The lowest BCUT2D eigenvalue weighted by atomic mass is 9.98. The van der Waals surface area contributed by atoms with Crippen molar-refractivity contribution in [2.45, 2.75) is 26.2 Å². The molecule has 0 aliphatic heterocycles. The summed E-state index contributed by atoms with van der Waals surface area (Å²) in [6.45, 7) is 2.13. The highest BCUT2D eigenvalue weighted by Crippen LogP contribution is 2.37. The SMILES string of the molecule is Cc1cc(Br)cc2c(N)c(CC3CC3)ccc12. The minimum absolute atomic E-state index is 0.878. The number of hydrogen-bond acceptors (Lipinski definition) is 1. The zero-order valence-corrected chi connectivity index (χ0v) is 11.5. The van der Waals surface area contributed by atoms with Crippen molar-refractivity contribution in [3.8, 4) is 0 Å². The van der Waals surface area contributed by atoms with Gasteiger partial charge in [-0.25, -0.2) is 0 Å². The number of hydrogen-bond donors (Lipinski definition) is 1. The fourth-order valence-electron chi connectivity index (χ4n) is 2.46. The normalized spacial score (nSPS) is 15.4. The molecule has 0 amide bonds. The second kappa shape index (κ2) is 4.02. The second-order valence-corrected chi connectivity index (χ2v) is 6.02. The molecule has 0 heterocycles. The maximum absolute atomic E-state index is 6.31. The third kappa shape index (κ3) is 2.06. The second-order valence-electron chi connectivity index (χ2n) is 5.10. The molecule has 1 saturated carbocycles. The van der Waals surface area contributed by atoms with Crippen molar-refractivity contribution in [3.63, 3.8) is 0 Å². The molecule has 2 N–H and O–H groups in total. The van der Waals surface area contributed by atoms with Crippen molar-refractivity contribution in [3.05, 3.63) is 39.9 Å². The standard InChI is InChI=1S/C15H16BrN/c1-9-6-12(16)8-14-13(9)5-4-11(15(14)17)7-10-2-3-10/h4-6,8,10H,2-3,7,17H2,1H3.